The molecule has 4 rings (SSSR count). The number of benzene rings is 1. The first-order chi connectivity index (χ1) is 10.3. The third kappa shape index (κ3) is 2.35. The van der Waals surface area contributed by atoms with Crippen LogP contribution in [-0.2, 0) is 13.1 Å². The van der Waals surface area contributed by atoms with E-state index in [-0.39, 0.29) is 0 Å². The van der Waals surface area contributed by atoms with E-state index in [9.17, 15) is 0 Å². The number of hydrogen-bond donors (Lipinski definition) is 1. The molecule has 1 aliphatic heterocycles. The van der Waals surface area contributed by atoms with Gasteiger partial charge in [0.25, 0.3) is 0 Å². The van der Waals surface area contributed by atoms with E-state index >= 15 is 0 Å². The molecule has 3 aromatic rings. The lowest BCUT2D eigenvalue weighted by Crippen LogP contribution is -2.28. The highest BCUT2D eigenvalue weighted by atomic mass is 35.5. The maximum atomic E-state index is 5.92. The van der Waals surface area contributed by atoms with Gasteiger partial charge in [-0.2, -0.15) is 0 Å². The Morgan fingerprint density at radius 3 is 2.90 bits per heavy atom. The van der Waals surface area contributed by atoms with Gasteiger partial charge in [-0.05, 0) is 12.1 Å². The highest BCUT2D eigenvalue weighted by Crippen LogP contribution is 2.29. The predicted octanol–water partition coefficient (Wildman–Crippen LogP) is 2.83. The second-order valence-corrected chi connectivity index (χ2v) is 6.11. The first-order valence-electron chi connectivity index (χ1n) is 6.66. The Hall–Kier alpha value is -1.76. The van der Waals surface area contributed by atoms with Crippen molar-refractivity contribution in [1.82, 2.24) is 25.1 Å². The number of thiazole rings is 1. The molecular weight excluding hydrogens is 306 g/mol. The van der Waals surface area contributed by atoms with Crippen molar-refractivity contribution in [2.24, 2.45) is 0 Å². The summed E-state index contributed by atoms with van der Waals surface area (Å²) in [5, 5.41) is 15.5. The van der Waals surface area contributed by atoms with Crippen molar-refractivity contribution < 1.29 is 0 Å². The van der Waals surface area contributed by atoms with Crippen molar-refractivity contribution in [3.8, 4) is 22.1 Å². The fourth-order valence-corrected chi connectivity index (χ4v) is 3.31. The normalized spacial score (nSPS) is 14.1. The Labute approximate surface area is 130 Å². The topological polar surface area (TPSA) is 55.6 Å². The minimum Gasteiger partial charge on any atom is -0.308 e. The van der Waals surface area contributed by atoms with E-state index in [1.54, 1.807) is 11.3 Å². The zero-order valence-corrected chi connectivity index (χ0v) is 12.7. The van der Waals surface area contributed by atoms with Crippen LogP contribution < -0.4 is 5.32 Å². The first kappa shape index (κ1) is 12.9. The fraction of sp³-hybridized carbons (Fsp3) is 0.214. The van der Waals surface area contributed by atoms with Crippen LogP contribution in [0.2, 0.25) is 5.02 Å². The molecule has 0 unspecified atom stereocenters. The van der Waals surface area contributed by atoms with Gasteiger partial charge in [-0.3, -0.25) is 0 Å². The third-order valence-corrected chi connectivity index (χ3v) is 4.59. The Morgan fingerprint density at radius 2 is 2.05 bits per heavy atom. The average molecular weight is 318 g/mol. The van der Waals surface area contributed by atoms with Gasteiger partial charge in [-0.25, -0.2) is 4.98 Å². The SMILES string of the molecule is Clc1ccc(-c2nc(-c3nnc4n3CCNC4)cs2)cc1. The van der Waals surface area contributed by atoms with Gasteiger partial charge in [0.2, 0.25) is 0 Å². The quantitative estimate of drug-likeness (QED) is 0.789. The van der Waals surface area contributed by atoms with Crippen molar-refractivity contribution in [3.63, 3.8) is 0 Å². The van der Waals surface area contributed by atoms with E-state index in [1.165, 1.54) is 0 Å². The molecule has 0 fully saturated rings. The molecule has 5 nitrogen and oxygen atoms in total. The summed E-state index contributed by atoms with van der Waals surface area (Å²) >= 11 is 7.53. The molecule has 0 saturated carbocycles. The van der Waals surface area contributed by atoms with Crippen LogP contribution in [0.25, 0.3) is 22.1 Å². The zero-order chi connectivity index (χ0) is 14.2. The minimum absolute atomic E-state index is 0.731. The van der Waals surface area contributed by atoms with Crippen molar-refractivity contribution in [2.75, 3.05) is 6.54 Å². The lowest BCUT2D eigenvalue weighted by atomic mass is 10.2. The Kier molecular flexibility index (Phi) is 3.21. The van der Waals surface area contributed by atoms with Crippen molar-refractivity contribution >= 4 is 22.9 Å². The summed E-state index contributed by atoms with van der Waals surface area (Å²) in [6.07, 6.45) is 0. The lowest BCUT2D eigenvalue weighted by molar-refractivity contribution is 0.508. The van der Waals surface area contributed by atoms with E-state index < -0.39 is 0 Å². The summed E-state index contributed by atoms with van der Waals surface area (Å²) in [6, 6.07) is 7.72. The first-order valence-corrected chi connectivity index (χ1v) is 7.91. The monoisotopic (exact) mass is 317 g/mol. The Bertz CT molecular complexity index is 777. The number of rotatable bonds is 2. The van der Waals surface area contributed by atoms with Gasteiger partial charge in [0.05, 0.1) is 6.54 Å². The van der Waals surface area contributed by atoms with Crippen LogP contribution in [0.4, 0.5) is 0 Å². The van der Waals surface area contributed by atoms with Crippen LogP contribution in [0.15, 0.2) is 29.6 Å². The van der Waals surface area contributed by atoms with Crippen molar-refractivity contribution in [1.29, 1.82) is 0 Å². The van der Waals surface area contributed by atoms with Gasteiger partial charge in [-0.1, -0.05) is 23.7 Å². The molecule has 106 valence electrons. The second-order valence-electron chi connectivity index (χ2n) is 4.81. The summed E-state index contributed by atoms with van der Waals surface area (Å²) in [5.74, 6) is 1.82. The fourth-order valence-electron chi connectivity index (χ4n) is 2.38. The number of halogens is 1. The highest BCUT2D eigenvalue weighted by molar-refractivity contribution is 7.13. The zero-order valence-electron chi connectivity index (χ0n) is 11.1. The molecule has 0 spiro atoms. The summed E-state index contributed by atoms with van der Waals surface area (Å²) < 4.78 is 2.14. The van der Waals surface area contributed by atoms with E-state index in [2.05, 4.69) is 20.1 Å². The van der Waals surface area contributed by atoms with Gasteiger partial charge >= 0.3 is 0 Å². The van der Waals surface area contributed by atoms with Crippen LogP contribution in [-0.4, -0.2) is 26.3 Å². The Balaban J connectivity index is 1.71. The maximum Gasteiger partial charge on any atom is 0.183 e. The molecule has 0 bridgehead atoms. The molecule has 1 aromatic carbocycles. The molecule has 1 aliphatic rings. The van der Waals surface area contributed by atoms with E-state index in [1.807, 2.05) is 29.6 Å². The van der Waals surface area contributed by atoms with Gasteiger partial charge in [0.15, 0.2) is 5.82 Å². The van der Waals surface area contributed by atoms with E-state index in [0.29, 0.717) is 0 Å². The molecule has 21 heavy (non-hydrogen) atoms. The molecule has 0 atom stereocenters. The third-order valence-electron chi connectivity index (χ3n) is 3.45. The smallest absolute Gasteiger partial charge is 0.183 e. The number of nitrogens with zero attached hydrogens (tertiary/aromatic N) is 4. The van der Waals surface area contributed by atoms with Crippen molar-refractivity contribution in [2.45, 2.75) is 13.1 Å². The number of aromatic nitrogens is 4. The standard InChI is InChI=1S/C14H12ClN5S/c15-10-3-1-9(2-4-10)14-17-11(8-21-14)13-19-18-12-7-16-5-6-20(12)13/h1-4,8,16H,5-7H2. The Morgan fingerprint density at radius 1 is 1.19 bits per heavy atom. The molecule has 0 aliphatic carbocycles. The predicted molar refractivity (Wildman–Crippen MR) is 83.3 cm³/mol. The molecule has 2 aromatic heterocycles. The summed E-state index contributed by atoms with van der Waals surface area (Å²) in [7, 11) is 0. The lowest BCUT2D eigenvalue weighted by Gasteiger charge is -2.15. The summed E-state index contributed by atoms with van der Waals surface area (Å²) in [6.45, 7) is 2.58. The second kappa shape index (κ2) is 5.22. The van der Waals surface area contributed by atoms with Crippen molar-refractivity contribution in [3.05, 3.63) is 40.5 Å². The minimum atomic E-state index is 0.731. The molecule has 3 heterocycles. The number of fused-ring (bicyclic) bond motifs is 1. The van der Waals surface area contributed by atoms with Crippen LogP contribution in [0.5, 0.6) is 0 Å². The maximum absolute atomic E-state index is 5.92. The molecular formula is C14H12ClN5S. The van der Waals surface area contributed by atoms with E-state index in [4.69, 9.17) is 16.6 Å². The summed E-state index contributed by atoms with van der Waals surface area (Å²) in [5.41, 5.74) is 1.95. The van der Waals surface area contributed by atoms with Crippen LogP contribution in [0.3, 0.4) is 0 Å². The summed E-state index contributed by atoms with van der Waals surface area (Å²) in [4.78, 5) is 4.69. The largest absolute Gasteiger partial charge is 0.308 e. The highest BCUT2D eigenvalue weighted by Gasteiger charge is 2.18. The van der Waals surface area contributed by atoms with Gasteiger partial charge in [-0.15, -0.1) is 21.5 Å². The van der Waals surface area contributed by atoms with Gasteiger partial charge in [0.1, 0.15) is 16.5 Å². The van der Waals surface area contributed by atoms with Crippen LogP contribution >= 0.6 is 22.9 Å². The average Bonchev–Trinajstić information content (AvgIpc) is 3.14. The molecule has 7 heteroatoms. The van der Waals surface area contributed by atoms with Crippen LogP contribution in [0.1, 0.15) is 5.82 Å². The molecule has 0 amide bonds. The van der Waals surface area contributed by atoms with Gasteiger partial charge in [0, 0.05) is 29.1 Å². The van der Waals surface area contributed by atoms with Gasteiger partial charge < -0.3 is 9.88 Å². The number of hydrogen-bond acceptors (Lipinski definition) is 5. The van der Waals surface area contributed by atoms with E-state index in [0.717, 1.165) is 52.6 Å². The number of nitrogens with one attached hydrogen (secondary N) is 1. The van der Waals surface area contributed by atoms with Crippen LogP contribution in [0, 0.1) is 0 Å². The molecule has 0 radical (unpaired) electrons. The molecule has 1 N–H and O–H groups in total. The molecule has 0 saturated heterocycles.